The van der Waals surface area contributed by atoms with Crippen LogP contribution in [0.3, 0.4) is 0 Å². The van der Waals surface area contributed by atoms with Gasteiger partial charge in [0.15, 0.2) is 0 Å². The molecule has 0 amide bonds. The first-order valence-electron chi connectivity index (χ1n) is 16.3. The second-order valence-corrected chi connectivity index (χ2v) is 15.7. The van der Waals surface area contributed by atoms with Crippen molar-refractivity contribution in [2.45, 2.75) is 83.7 Å². The molecule has 0 spiro atoms. The van der Waals surface area contributed by atoms with Gasteiger partial charge in [-0.25, -0.2) is 23.4 Å². The number of sulfone groups is 1. The number of aryl methyl sites for hydroxylation is 2. The van der Waals surface area contributed by atoms with Gasteiger partial charge < -0.3 is 22.5 Å². The summed E-state index contributed by atoms with van der Waals surface area (Å²) < 4.78 is 91.7. The summed E-state index contributed by atoms with van der Waals surface area (Å²) in [7, 11) is -3.47. The van der Waals surface area contributed by atoms with E-state index < -0.39 is 35.3 Å². The van der Waals surface area contributed by atoms with E-state index in [2.05, 4.69) is 64.7 Å². The van der Waals surface area contributed by atoms with Crippen LogP contribution in [0, 0.1) is 13.8 Å². The first-order valence-corrected chi connectivity index (χ1v) is 18.9. The maximum absolute atomic E-state index is 12.2. The Morgan fingerprint density at radius 2 is 1.13 bits per heavy atom. The standard InChI is InChI=1S/C17H20ClF3N4.C16H20ClN3O2S.C2H4F3N/c1-9(2)13-4-10(3)14(18)6-11(13)5-12-7-23-16(25-15(12)22)24-8-17(19,20)21;1-9(2)13-5-10(3)14(17)7-11(13)6-12-8-19-16(20-15(12)18)23(4,21)22;3-2(4,5)1-6/h4,6-7,9H,5,8H2,1-3H3,(H3,22,23,24,25);5,7-9H,6H2,1-4H3,(H2,18,19,20);1,6H2. The summed E-state index contributed by atoms with van der Waals surface area (Å²) >= 11 is 12.5. The van der Waals surface area contributed by atoms with E-state index in [9.17, 15) is 34.8 Å². The number of halogens is 8. The lowest BCUT2D eigenvalue weighted by Gasteiger charge is -2.16. The zero-order valence-electron chi connectivity index (χ0n) is 30.7. The van der Waals surface area contributed by atoms with E-state index in [1.165, 1.54) is 18.0 Å². The number of hydrogen-bond acceptors (Lipinski definition) is 10. The van der Waals surface area contributed by atoms with Gasteiger partial charge in [-0.1, -0.05) is 63.0 Å². The van der Waals surface area contributed by atoms with E-state index in [1.54, 1.807) is 0 Å². The quantitative estimate of drug-likeness (QED) is 0.0948. The van der Waals surface area contributed by atoms with Crippen LogP contribution < -0.4 is 22.5 Å². The summed E-state index contributed by atoms with van der Waals surface area (Å²) in [6, 6.07) is 7.93. The summed E-state index contributed by atoms with van der Waals surface area (Å²) in [6.45, 7) is 9.85. The molecule has 0 unspecified atom stereocenters. The van der Waals surface area contributed by atoms with Gasteiger partial charge in [-0.3, -0.25) is 0 Å². The molecule has 10 nitrogen and oxygen atoms in total. The van der Waals surface area contributed by atoms with Crippen LogP contribution in [0.25, 0.3) is 0 Å². The minimum atomic E-state index is -4.35. The van der Waals surface area contributed by atoms with Crippen molar-refractivity contribution in [2.75, 3.05) is 36.1 Å². The lowest BCUT2D eigenvalue weighted by Crippen LogP contribution is -2.22. The first-order chi connectivity index (χ1) is 24.7. The van der Waals surface area contributed by atoms with Crippen LogP contribution in [0.4, 0.5) is 43.9 Å². The van der Waals surface area contributed by atoms with Crippen molar-refractivity contribution in [3.05, 3.63) is 91.2 Å². The van der Waals surface area contributed by atoms with Gasteiger partial charge in [-0.15, -0.1) is 0 Å². The monoisotopic (exact) mass is 824 g/mol. The highest BCUT2D eigenvalue weighted by Gasteiger charge is 2.27. The Morgan fingerprint density at radius 3 is 1.46 bits per heavy atom. The highest BCUT2D eigenvalue weighted by atomic mass is 35.5. The number of rotatable bonds is 9. The van der Waals surface area contributed by atoms with E-state index in [0.717, 1.165) is 34.1 Å². The van der Waals surface area contributed by atoms with E-state index in [-0.39, 0.29) is 22.7 Å². The number of benzene rings is 2. The van der Waals surface area contributed by atoms with Gasteiger partial charge in [0.05, 0.1) is 6.54 Å². The fourth-order valence-electron chi connectivity index (χ4n) is 4.82. The fourth-order valence-corrected chi connectivity index (χ4v) is 5.70. The average Bonchev–Trinajstić information content (AvgIpc) is 3.04. The predicted molar refractivity (Wildman–Crippen MR) is 202 cm³/mol. The second-order valence-electron chi connectivity index (χ2n) is 13.0. The largest absolute Gasteiger partial charge is 0.405 e. The summed E-state index contributed by atoms with van der Waals surface area (Å²) in [5.41, 5.74) is 23.7. The topological polar surface area (TPSA) is 176 Å². The van der Waals surface area contributed by atoms with Crippen molar-refractivity contribution in [3.8, 4) is 0 Å². The van der Waals surface area contributed by atoms with Crippen LogP contribution in [0.15, 0.2) is 41.8 Å². The molecule has 0 aliphatic heterocycles. The van der Waals surface area contributed by atoms with E-state index in [4.69, 9.17) is 34.7 Å². The molecule has 0 aliphatic rings. The first kappa shape index (κ1) is 46.2. The van der Waals surface area contributed by atoms with Gasteiger partial charge >= 0.3 is 12.4 Å². The molecular weight excluding hydrogens is 781 g/mol. The normalized spacial score (nSPS) is 11.9. The molecule has 7 N–H and O–H groups in total. The zero-order chi connectivity index (χ0) is 41.3. The molecule has 0 aliphatic carbocycles. The fraction of sp³-hybridized carbons (Fsp3) is 0.429. The molecular formula is C35H44Cl2F6N8O2S. The third-order valence-corrected chi connectivity index (χ3v) is 9.31. The van der Waals surface area contributed by atoms with Crippen molar-refractivity contribution in [3.63, 3.8) is 0 Å². The summed E-state index contributed by atoms with van der Waals surface area (Å²) in [6.07, 6.45) is -3.60. The molecule has 0 bridgehead atoms. The molecule has 2 heterocycles. The molecule has 298 valence electrons. The molecule has 0 fully saturated rings. The smallest absolute Gasteiger partial charge is 0.383 e. The molecule has 4 aromatic rings. The van der Waals surface area contributed by atoms with Gasteiger partial charge in [-0.2, -0.15) is 31.3 Å². The molecule has 0 saturated heterocycles. The van der Waals surface area contributed by atoms with Crippen molar-refractivity contribution in [2.24, 2.45) is 5.73 Å². The van der Waals surface area contributed by atoms with E-state index in [1.807, 2.05) is 32.0 Å². The minimum absolute atomic E-state index is 0.145. The van der Waals surface area contributed by atoms with Crippen LogP contribution in [0.2, 0.25) is 10.0 Å². The van der Waals surface area contributed by atoms with Crippen LogP contribution in [0.1, 0.15) is 84.0 Å². The van der Waals surface area contributed by atoms with Crippen LogP contribution in [0.5, 0.6) is 0 Å². The molecule has 0 atom stereocenters. The maximum atomic E-state index is 12.2. The van der Waals surface area contributed by atoms with Crippen LogP contribution >= 0.6 is 23.2 Å². The van der Waals surface area contributed by atoms with Crippen molar-refractivity contribution >= 4 is 50.6 Å². The molecule has 0 saturated carbocycles. The number of nitrogens with one attached hydrogen (secondary N) is 1. The lowest BCUT2D eigenvalue weighted by atomic mass is 9.92. The Labute approximate surface area is 321 Å². The maximum Gasteiger partial charge on any atom is 0.405 e. The highest BCUT2D eigenvalue weighted by molar-refractivity contribution is 7.90. The molecule has 2 aromatic heterocycles. The van der Waals surface area contributed by atoms with E-state index >= 15 is 0 Å². The number of alkyl halides is 6. The van der Waals surface area contributed by atoms with Gasteiger partial charge in [-0.05, 0) is 71.2 Å². The average molecular weight is 826 g/mol. The van der Waals surface area contributed by atoms with E-state index in [0.29, 0.717) is 45.8 Å². The molecule has 4 rings (SSSR count). The van der Waals surface area contributed by atoms with Crippen molar-refractivity contribution in [1.29, 1.82) is 0 Å². The Morgan fingerprint density at radius 1 is 0.722 bits per heavy atom. The van der Waals surface area contributed by atoms with Crippen molar-refractivity contribution in [1.82, 2.24) is 19.9 Å². The molecule has 2 aromatic carbocycles. The summed E-state index contributed by atoms with van der Waals surface area (Å²) in [5.74, 6) is 0.793. The number of nitrogens with zero attached hydrogens (tertiary/aromatic N) is 4. The number of hydrogen-bond donors (Lipinski definition) is 4. The zero-order valence-corrected chi connectivity index (χ0v) is 33.0. The number of nitrogen functional groups attached to an aromatic ring is 2. The van der Waals surface area contributed by atoms with Gasteiger partial charge in [0.2, 0.25) is 20.9 Å². The number of aromatic nitrogens is 4. The Bertz CT molecular complexity index is 2010. The lowest BCUT2D eigenvalue weighted by molar-refractivity contribution is -0.118. The predicted octanol–water partition coefficient (Wildman–Crippen LogP) is 8.35. The van der Waals surface area contributed by atoms with Crippen molar-refractivity contribution < 1.29 is 34.8 Å². The Kier molecular flexibility index (Phi) is 16.3. The van der Waals surface area contributed by atoms with Gasteiger partial charge in [0.25, 0.3) is 0 Å². The summed E-state index contributed by atoms with van der Waals surface area (Å²) in [5, 5.41) is 3.20. The number of anilines is 3. The SMILES string of the molecule is Cc1cc(C(C)C)c(Cc2cnc(NCC(F)(F)F)nc2N)cc1Cl.Cc1cc(C(C)C)c(Cc2cnc(S(C)(=O)=O)nc2N)cc1Cl.NCC(F)(F)F. The van der Waals surface area contributed by atoms with Crippen LogP contribution in [-0.2, 0) is 22.7 Å². The van der Waals surface area contributed by atoms with Crippen LogP contribution in [-0.4, -0.2) is 60.1 Å². The molecule has 19 heteroatoms. The molecule has 0 radical (unpaired) electrons. The third-order valence-electron chi connectivity index (χ3n) is 7.63. The van der Waals surface area contributed by atoms with Gasteiger partial charge in [0, 0.05) is 52.7 Å². The van der Waals surface area contributed by atoms with Gasteiger partial charge in [0.1, 0.15) is 18.2 Å². The second kappa shape index (κ2) is 19.1. The number of nitrogens with two attached hydrogens (primary N) is 3. The highest BCUT2D eigenvalue weighted by Crippen LogP contribution is 2.31. The third kappa shape index (κ3) is 14.7. The molecule has 54 heavy (non-hydrogen) atoms. The summed E-state index contributed by atoms with van der Waals surface area (Å²) in [4.78, 5) is 15.6. The Balaban J connectivity index is 0.000000325. The Hall–Kier alpha value is -3.93. The minimum Gasteiger partial charge on any atom is -0.383 e.